The van der Waals surface area contributed by atoms with Crippen molar-refractivity contribution in [2.45, 2.75) is 19.0 Å². The quantitative estimate of drug-likeness (QED) is 0.628. The maximum atomic E-state index is 11.2. The van der Waals surface area contributed by atoms with Gasteiger partial charge in [-0.2, -0.15) is 0 Å². The highest BCUT2D eigenvalue weighted by molar-refractivity contribution is 5.82. The molecule has 1 heterocycles. The lowest BCUT2D eigenvalue weighted by Crippen LogP contribution is -2.52. The molecule has 1 amide bonds. The highest BCUT2D eigenvalue weighted by Crippen LogP contribution is 2.18. The molecule has 1 aromatic rings. The maximum absolute atomic E-state index is 11.2. The van der Waals surface area contributed by atoms with E-state index in [9.17, 15) is 4.79 Å². The molecule has 1 aliphatic rings. The van der Waals surface area contributed by atoms with Gasteiger partial charge in [0.2, 0.25) is 5.91 Å². The first-order chi connectivity index (χ1) is 7.16. The second-order valence-electron chi connectivity index (χ2n) is 3.78. The van der Waals surface area contributed by atoms with Gasteiger partial charge in [-0.15, -0.1) is 0 Å². The van der Waals surface area contributed by atoms with Crippen LogP contribution < -0.4 is 10.6 Å². The predicted octanol–water partition coefficient (Wildman–Crippen LogP) is 0.541. The summed E-state index contributed by atoms with van der Waals surface area (Å²) in [6, 6.07) is 6.97. The van der Waals surface area contributed by atoms with Crippen molar-refractivity contribution in [3.63, 3.8) is 0 Å². The molecule has 0 saturated carbocycles. The van der Waals surface area contributed by atoms with Crippen LogP contribution in [-0.4, -0.2) is 23.6 Å². The lowest BCUT2D eigenvalue weighted by Gasteiger charge is -2.29. The van der Waals surface area contributed by atoms with Crippen molar-refractivity contribution in [1.29, 1.82) is 0 Å². The molecule has 0 aliphatic carbocycles. The van der Waals surface area contributed by atoms with Crippen LogP contribution in [0.3, 0.4) is 0 Å². The summed E-state index contributed by atoms with van der Waals surface area (Å²) in [7, 11) is 0. The Bertz CT molecular complexity index is 361. The largest absolute Gasteiger partial charge is 0.508 e. The van der Waals surface area contributed by atoms with Crippen molar-refractivity contribution in [3.8, 4) is 5.75 Å². The molecule has 2 rings (SSSR count). The molecule has 2 unspecified atom stereocenters. The summed E-state index contributed by atoms with van der Waals surface area (Å²) < 4.78 is 0. The number of hydrogen-bond acceptors (Lipinski definition) is 3. The molecule has 2 atom stereocenters. The van der Waals surface area contributed by atoms with Crippen molar-refractivity contribution in [1.82, 2.24) is 10.6 Å². The monoisotopic (exact) mass is 206 g/mol. The van der Waals surface area contributed by atoms with Gasteiger partial charge in [0, 0.05) is 6.54 Å². The molecule has 1 fully saturated rings. The van der Waals surface area contributed by atoms with Crippen LogP contribution in [0.25, 0.3) is 0 Å². The van der Waals surface area contributed by atoms with Gasteiger partial charge < -0.3 is 10.4 Å². The molecule has 1 saturated heterocycles. The van der Waals surface area contributed by atoms with Crippen LogP contribution in [0.5, 0.6) is 5.75 Å². The first-order valence-electron chi connectivity index (χ1n) is 4.99. The third kappa shape index (κ3) is 2.10. The number of rotatable bonds is 1. The third-order valence-electron chi connectivity index (χ3n) is 2.62. The summed E-state index contributed by atoms with van der Waals surface area (Å²) in [5, 5.41) is 15.2. The van der Waals surface area contributed by atoms with Gasteiger partial charge in [-0.25, -0.2) is 0 Å². The van der Waals surface area contributed by atoms with E-state index < -0.39 is 0 Å². The van der Waals surface area contributed by atoms with Crippen LogP contribution in [0.1, 0.15) is 18.5 Å². The topological polar surface area (TPSA) is 61.4 Å². The zero-order valence-electron chi connectivity index (χ0n) is 8.53. The number of phenolic OH excluding ortho intramolecular Hbond substituents is 1. The summed E-state index contributed by atoms with van der Waals surface area (Å²) in [5.41, 5.74) is 1.07. The van der Waals surface area contributed by atoms with E-state index in [0.29, 0.717) is 6.54 Å². The Labute approximate surface area is 88.3 Å². The van der Waals surface area contributed by atoms with Gasteiger partial charge >= 0.3 is 0 Å². The maximum Gasteiger partial charge on any atom is 0.236 e. The first-order valence-corrected chi connectivity index (χ1v) is 4.99. The van der Waals surface area contributed by atoms with Crippen molar-refractivity contribution in [2.24, 2.45) is 0 Å². The molecular formula is C11H14N2O2. The van der Waals surface area contributed by atoms with Crippen LogP contribution in [0.15, 0.2) is 24.3 Å². The van der Waals surface area contributed by atoms with Gasteiger partial charge in [0.05, 0.1) is 12.1 Å². The van der Waals surface area contributed by atoms with Crippen molar-refractivity contribution in [2.75, 3.05) is 6.54 Å². The Balaban J connectivity index is 2.12. The van der Waals surface area contributed by atoms with E-state index >= 15 is 0 Å². The zero-order valence-corrected chi connectivity index (χ0v) is 8.53. The van der Waals surface area contributed by atoms with Crippen LogP contribution in [0.2, 0.25) is 0 Å². The number of carbonyl (C=O) groups is 1. The number of aromatic hydroxyl groups is 1. The lowest BCUT2D eigenvalue weighted by atomic mass is 10.0. The molecule has 4 nitrogen and oxygen atoms in total. The summed E-state index contributed by atoms with van der Waals surface area (Å²) >= 11 is 0. The highest BCUT2D eigenvalue weighted by atomic mass is 16.3. The molecule has 4 heteroatoms. The minimum atomic E-state index is -0.169. The van der Waals surface area contributed by atoms with E-state index in [4.69, 9.17) is 5.11 Å². The molecular weight excluding hydrogens is 192 g/mol. The molecule has 80 valence electrons. The summed E-state index contributed by atoms with van der Waals surface area (Å²) in [4.78, 5) is 11.2. The number of amides is 1. The van der Waals surface area contributed by atoms with E-state index in [1.54, 1.807) is 12.1 Å². The Morgan fingerprint density at radius 3 is 2.60 bits per heavy atom. The molecule has 3 N–H and O–H groups in total. The third-order valence-corrected chi connectivity index (χ3v) is 2.62. The fourth-order valence-corrected chi connectivity index (χ4v) is 1.71. The minimum Gasteiger partial charge on any atom is -0.508 e. The van der Waals surface area contributed by atoms with E-state index in [1.165, 1.54) is 0 Å². The van der Waals surface area contributed by atoms with Crippen LogP contribution >= 0.6 is 0 Å². The van der Waals surface area contributed by atoms with Crippen LogP contribution in [0.4, 0.5) is 0 Å². The van der Waals surface area contributed by atoms with E-state index in [-0.39, 0.29) is 23.7 Å². The normalized spacial score (nSPS) is 26.1. The second-order valence-corrected chi connectivity index (χ2v) is 3.78. The second kappa shape index (κ2) is 3.90. The fourth-order valence-electron chi connectivity index (χ4n) is 1.71. The van der Waals surface area contributed by atoms with Crippen molar-refractivity contribution in [3.05, 3.63) is 29.8 Å². The van der Waals surface area contributed by atoms with Crippen molar-refractivity contribution >= 4 is 5.91 Å². The average molecular weight is 206 g/mol. The fraction of sp³-hybridized carbons (Fsp3) is 0.364. The molecule has 0 bridgehead atoms. The average Bonchev–Trinajstić information content (AvgIpc) is 2.23. The molecule has 1 aromatic carbocycles. The molecule has 0 spiro atoms. The van der Waals surface area contributed by atoms with Crippen LogP contribution in [0, 0.1) is 0 Å². The van der Waals surface area contributed by atoms with E-state index in [1.807, 2.05) is 19.1 Å². The smallest absolute Gasteiger partial charge is 0.236 e. The summed E-state index contributed by atoms with van der Waals surface area (Å²) in [6.45, 7) is 2.43. The Morgan fingerprint density at radius 1 is 1.33 bits per heavy atom. The first kappa shape index (κ1) is 9.98. The number of phenols is 1. The van der Waals surface area contributed by atoms with Crippen molar-refractivity contribution < 1.29 is 9.90 Å². The highest BCUT2D eigenvalue weighted by Gasteiger charge is 2.24. The minimum absolute atomic E-state index is 0.0324. The number of hydrogen-bond donors (Lipinski definition) is 3. The molecule has 0 radical (unpaired) electrons. The standard InChI is InChI=1S/C11H14N2O2/c1-7-11(15)12-6-10(13-7)8-2-4-9(14)5-3-8/h2-5,7,10,13-14H,6H2,1H3,(H,12,15). The molecule has 0 aromatic heterocycles. The lowest BCUT2D eigenvalue weighted by molar-refractivity contribution is -0.124. The zero-order chi connectivity index (χ0) is 10.8. The Kier molecular flexibility index (Phi) is 2.60. The van der Waals surface area contributed by atoms with Gasteiger partial charge in [-0.1, -0.05) is 12.1 Å². The summed E-state index contributed by atoms with van der Waals surface area (Å²) in [6.07, 6.45) is 0. The molecule has 15 heavy (non-hydrogen) atoms. The molecule has 1 aliphatic heterocycles. The van der Waals surface area contributed by atoms with Gasteiger partial charge in [0.15, 0.2) is 0 Å². The van der Waals surface area contributed by atoms with E-state index in [2.05, 4.69) is 10.6 Å². The predicted molar refractivity (Wildman–Crippen MR) is 56.5 cm³/mol. The summed E-state index contributed by atoms with van der Waals surface area (Å²) in [5.74, 6) is 0.289. The number of nitrogens with one attached hydrogen (secondary N) is 2. The SMILES string of the molecule is CC1NC(c2ccc(O)cc2)CNC1=O. The van der Waals surface area contributed by atoms with Gasteiger partial charge in [0.1, 0.15) is 5.75 Å². The number of piperazine rings is 1. The Morgan fingerprint density at radius 2 is 2.00 bits per heavy atom. The van der Waals surface area contributed by atoms with E-state index in [0.717, 1.165) is 5.56 Å². The number of benzene rings is 1. The van der Waals surface area contributed by atoms with Gasteiger partial charge in [0.25, 0.3) is 0 Å². The van der Waals surface area contributed by atoms with Crippen LogP contribution in [-0.2, 0) is 4.79 Å². The Hall–Kier alpha value is -1.55. The van der Waals surface area contributed by atoms with Gasteiger partial charge in [-0.05, 0) is 24.6 Å². The number of carbonyl (C=O) groups excluding carboxylic acids is 1. The van der Waals surface area contributed by atoms with Gasteiger partial charge in [-0.3, -0.25) is 10.1 Å².